The summed E-state index contributed by atoms with van der Waals surface area (Å²) in [5, 5.41) is 10.6. The zero-order valence-corrected chi connectivity index (χ0v) is 11.1. The Bertz CT molecular complexity index is 563. The molecule has 20 heavy (non-hydrogen) atoms. The number of alkyl halides is 2. The molecule has 0 radical (unpaired) electrons. The summed E-state index contributed by atoms with van der Waals surface area (Å²) in [5.41, 5.74) is 1.36. The molecule has 3 nitrogen and oxygen atoms in total. The van der Waals surface area contributed by atoms with E-state index >= 15 is 0 Å². The summed E-state index contributed by atoms with van der Waals surface area (Å²) < 4.78 is 28.3. The molecule has 2 aromatic rings. The third kappa shape index (κ3) is 3.88. The molecule has 0 aliphatic carbocycles. The van der Waals surface area contributed by atoms with Gasteiger partial charge in [0.2, 0.25) is 0 Å². The number of hydrogen-bond donors (Lipinski definition) is 1. The van der Waals surface area contributed by atoms with Gasteiger partial charge < -0.3 is 9.84 Å². The Labute approximate surface area is 119 Å². The van der Waals surface area contributed by atoms with Crippen LogP contribution in [0.4, 0.5) is 8.78 Å². The highest BCUT2D eigenvalue weighted by Crippen LogP contribution is 2.24. The summed E-state index contributed by atoms with van der Waals surface area (Å²) in [6.45, 7) is -2.86. The van der Waals surface area contributed by atoms with Crippen molar-refractivity contribution in [2.24, 2.45) is 0 Å². The maximum atomic E-state index is 12.0. The number of ether oxygens (including phenoxy) is 1. The molecular formula is C14H12ClF2NO2. The largest absolute Gasteiger partial charge is 0.435 e. The van der Waals surface area contributed by atoms with Crippen LogP contribution in [0.2, 0.25) is 5.02 Å². The highest BCUT2D eigenvalue weighted by atomic mass is 35.5. The lowest BCUT2D eigenvalue weighted by molar-refractivity contribution is -0.0498. The van der Waals surface area contributed by atoms with E-state index < -0.39 is 12.7 Å². The Kier molecular flexibility index (Phi) is 4.87. The van der Waals surface area contributed by atoms with Crippen molar-refractivity contribution in [2.75, 3.05) is 0 Å². The Hall–Kier alpha value is -1.72. The minimum Gasteiger partial charge on any atom is -0.435 e. The van der Waals surface area contributed by atoms with Crippen molar-refractivity contribution >= 4 is 11.6 Å². The lowest BCUT2D eigenvalue weighted by Crippen LogP contribution is -2.04. The zero-order chi connectivity index (χ0) is 14.5. The van der Waals surface area contributed by atoms with Crippen LogP contribution in [0.5, 0.6) is 5.75 Å². The molecule has 1 unspecified atom stereocenters. The van der Waals surface area contributed by atoms with Gasteiger partial charge in [0.05, 0.1) is 11.1 Å². The Balaban J connectivity index is 2.06. The van der Waals surface area contributed by atoms with Gasteiger partial charge in [0.25, 0.3) is 0 Å². The molecule has 0 saturated carbocycles. The molecule has 6 heteroatoms. The van der Waals surface area contributed by atoms with Gasteiger partial charge in [-0.3, -0.25) is 4.98 Å². The quantitative estimate of drug-likeness (QED) is 0.917. The van der Waals surface area contributed by atoms with Crippen LogP contribution in [-0.4, -0.2) is 16.7 Å². The van der Waals surface area contributed by atoms with Gasteiger partial charge in [-0.15, -0.1) is 0 Å². The molecule has 106 valence electrons. The first-order valence-corrected chi connectivity index (χ1v) is 6.25. The fraction of sp³-hybridized carbons (Fsp3) is 0.214. The third-order valence-electron chi connectivity index (χ3n) is 2.76. The standard InChI is InChI=1S/C14H12ClF2NO2/c15-12-8-18-6-5-10(12)7-13(19)9-1-3-11(4-2-9)20-14(16)17/h1-6,8,13-14,19H,7H2. The molecule has 0 saturated heterocycles. The lowest BCUT2D eigenvalue weighted by Gasteiger charge is -2.13. The topological polar surface area (TPSA) is 42.4 Å². The van der Waals surface area contributed by atoms with Gasteiger partial charge in [0, 0.05) is 18.8 Å². The maximum absolute atomic E-state index is 12.0. The number of halogens is 3. The van der Waals surface area contributed by atoms with E-state index in [0.717, 1.165) is 5.56 Å². The van der Waals surface area contributed by atoms with Gasteiger partial charge in [-0.05, 0) is 29.3 Å². The number of aliphatic hydroxyl groups is 1. The molecule has 0 amide bonds. The van der Waals surface area contributed by atoms with Crippen LogP contribution < -0.4 is 4.74 Å². The van der Waals surface area contributed by atoms with E-state index in [4.69, 9.17) is 11.6 Å². The fourth-order valence-corrected chi connectivity index (χ4v) is 1.96. The summed E-state index contributed by atoms with van der Waals surface area (Å²) >= 11 is 5.96. The average Bonchev–Trinajstić information content (AvgIpc) is 2.41. The molecule has 1 N–H and O–H groups in total. The highest BCUT2D eigenvalue weighted by Gasteiger charge is 2.12. The molecule has 1 heterocycles. The minimum absolute atomic E-state index is 0.0536. The fourth-order valence-electron chi connectivity index (χ4n) is 1.77. The van der Waals surface area contributed by atoms with Crippen LogP contribution in [0.25, 0.3) is 0 Å². The summed E-state index contributed by atoms with van der Waals surface area (Å²) in [7, 11) is 0. The Morgan fingerprint density at radius 3 is 2.50 bits per heavy atom. The van der Waals surface area contributed by atoms with E-state index in [1.165, 1.54) is 30.5 Å². The molecule has 1 atom stereocenters. The first-order chi connectivity index (χ1) is 9.56. The van der Waals surface area contributed by atoms with E-state index in [0.29, 0.717) is 17.0 Å². The predicted octanol–water partition coefficient (Wildman–Crippen LogP) is 3.61. The van der Waals surface area contributed by atoms with Crippen LogP contribution >= 0.6 is 11.6 Å². The summed E-state index contributed by atoms with van der Waals surface area (Å²) in [5.74, 6) is 0.0536. The molecule has 0 fully saturated rings. The van der Waals surface area contributed by atoms with E-state index in [-0.39, 0.29) is 5.75 Å². The predicted molar refractivity (Wildman–Crippen MR) is 71.0 cm³/mol. The number of benzene rings is 1. The summed E-state index contributed by atoms with van der Waals surface area (Å²) in [4.78, 5) is 3.86. The van der Waals surface area contributed by atoms with E-state index in [1.807, 2.05) is 0 Å². The average molecular weight is 300 g/mol. The Morgan fingerprint density at radius 2 is 1.90 bits per heavy atom. The van der Waals surface area contributed by atoms with Crippen molar-refractivity contribution in [1.29, 1.82) is 0 Å². The number of nitrogens with zero attached hydrogens (tertiary/aromatic N) is 1. The van der Waals surface area contributed by atoms with E-state index in [9.17, 15) is 13.9 Å². The van der Waals surface area contributed by atoms with Gasteiger partial charge in [-0.1, -0.05) is 23.7 Å². The second kappa shape index (κ2) is 6.63. The molecule has 1 aromatic heterocycles. The highest BCUT2D eigenvalue weighted by molar-refractivity contribution is 6.31. The van der Waals surface area contributed by atoms with Crippen LogP contribution in [0, 0.1) is 0 Å². The van der Waals surface area contributed by atoms with Crippen molar-refractivity contribution < 1.29 is 18.6 Å². The number of pyridine rings is 1. The smallest absolute Gasteiger partial charge is 0.387 e. The van der Waals surface area contributed by atoms with E-state index in [1.54, 1.807) is 12.3 Å². The number of aromatic nitrogens is 1. The van der Waals surface area contributed by atoms with E-state index in [2.05, 4.69) is 9.72 Å². The third-order valence-corrected chi connectivity index (χ3v) is 3.10. The van der Waals surface area contributed by atoms with Gasteiger partial charge in [-0.2, -0.15) is 8.78 Å². The van der Waals surface area contributed by atoms with Crippen molar-refractivity contribution in [3.8, 4) is 5.75 Å². The van der Waals surface area contributed by atoms with Crippen molar-refractivity contribution in [3.05, 3.63) is 58.9 Å². The van der Waals surface area contributed by atoms with Gasteiger partial charge in [-0.25, -0.2) is 0 Å². The first kappa shape index (κ1) is 14.7. The zero-order valence-electron chi connectivity index (χ0n) is 10.3. The molecule has 2 rings (SSSR count). The maximum Gasteiger partial charge on any atom is 0.387 e. The monoisotopic (exact) mass is 299 g/mol. The molecular weight excluding hydrogens is 288 g/mol. The molecule has 0 aliphatic heterocycles. The normalized spacial score (nSPS) is 12.4. The molecule has 0 bridgehead atoms. The van der Waals surface area contributed by atoms with Crippen LogP contribution in [0.3, 0.4) is 0 Å². The number of rotatable bonds is 5. The van der Waals surface area contributed by atoms with Gasteiger partial charge >= 0.3 is 6.61 Å². The molecule has 0 aliphatic rings. The summed E-state index contributed by atoms with van der Waals surface area (Å²) in [6, 6.07) is 7.58. The van der Waals surface area contributed by atoms with Crippen LogP contribution in [-0.2, 0) is 6.42 Å². The lowest BCUT2D eigenvalue weighted by atomic mass is 10.0. The minimum atomic E-state index is -2.86. The van der Waals surface area contributed by atoms with Crippen LogP contribution in [0.15, 0.2) is 42.7 Å². The number of hydrogen-bond acceptors (Lipinski definition) is 3. The van der Waals surface area contributed by atoms with Crippen LogP contribution in [0.1, 0.15) is 17.2 Å². The SMILES string of the molecule is OC(Cc1ccncc1Cl)c1ccc(OC(F)F)cc1. The number of aliphatic hydroxyl groups excluding tert-OH is 1. The van der Waals surface area contributed by atoms with Gasteiger partial charge in [0.1, 0.15) is 5.75 Å². The van der Waals surface area contributed by atoms with Crippen molar-refractivity contribution in [1.82, 2.24) is 4.98 Å². The Morgan fingerprint density at radius 1 is 1.20 bits per heavy atom. The second-order valence-electron chi connectivity index (χ2n) is 4.13. The summed E-state index contributed by atoms with van der Waals surface area (Å²) in [6.07, 6.45) is 2.63. The van der Waals surface area contributed by atoms with Crippen molar-refractivity contribution in [2.45, 2.75) is 19.1 Å². The second-order valence-corrected chi connectivity index (χ2v) is 4.54. The molecule has 1 aromatic carbocycles. The van der Waals surface area contributed by atoms with Gasteiger partial charge in [0.15, 0.2) is 0 Å². The van der Waals surface area contributed by atoms with Crippen molar-refractivity contribution in [3.63, 3.8) is 0 Å². The molecule has 0 spiro atoms. The first-order valence-electron chi connectivity index (χ1n) is 5.87.